The van der Waals surface area contributed by atoms with E-state index in [0.717, 1.165) is 13.1 Å². The molecule has 0 spiro atoms. The minimum absolute atomic E-state index is 0.0324. The molecule has 1 saturated heterocycles. The van der Waals surface area contributed by atoms with E-state index in [9.17, 15) is 4.79 Å². The molecule has 0 amide bonds. The van der Waals surface area contributed by atoms with Crippen LogP contribution in [0.25, 0.3) is 0 Å². The summed E-state index contributed by atoms with van der Waals surface area (Å²) in [5, 5.41) is 12.1. The van der Waals surface area contributed by atoms with Gasteiger partial charge in [-0.1, -0.05) is 0 Å². The van der Waals surface area contributed by atoms with Crippen LogP contribution in [0.5, 0.6) is 0 Å². The quantitative estimate of drug-likeness (QED) is 0.428. The molecule has 0 aromatic heterocycles. The Balaban J connectivity index is 2.14. The van der Waals surface area contributed by atoms with Gasteiger partial charge < -0.3 is 10.4 Å². The van der Waals surface area contributed by atoms with Gasteiger partial charge in [-0.2, -0.15) is 0 Å². The van der Waals surface area contributed by atoms with Gasteiger partial charge in [-0.25, -0.2) is 0 Å². The molecule has 0 aromatic rings. The molecule has 50 valence electrons. The number of nitrogens with one attached hydrogen (secondary N) is 1. The van der Waals surface area contributed by atoms with Crippen LogP contribution in [0, 0.1) is 11.8 Å². The van der Waals surface area contributed by atoms with Crippen molar-refractivity contribution in [1.82, 2.24) is 5.32 Å². The molecule has 1 saturated carbocycles. The smallest absolute Gasteiger partial charge is 0.166 e. The molecule has 1 aliphatic carbocycles. The molecule has 0 unspecified atom stereocenters. The van der Waals surface area contributed by atoms with Gasteiger partial charge in [-0.15, -0.1) is 0 Å². The molecule has 0 bridgehead atoms. The molecule has 3 nitrogen and oxygen atoms in total. The average Bonchev–Trinajstić information content (AvgIpc) is 2.30. The first-order valence-electron chi connectivity index (χ1n) is 3.23. The van der Waals surface area contributed by atoms with E-state index in [1.54, 1.807) is 0 Å². The summed E-state index contributed by atoms with van der Waals surface area (Å²) in [7, 11) is 0. The molecule has 3 atom stereocenters. The van der Waals surface area contributed by atoms with Crippen LogP contribution < -0.4 is 5.32 Å². The van der Waals surface area contributed by atoms with E-state index in [4.69, 9.17) is 5.11 Å². The summed E-state index contributed by atoms with van der Waals surface area (Å²) >= 11 is 0. The Morgan fingerprint density at radius 1 is 1.56 bits per heavy atom. The summed E-state index contributed by atoms with van der Waals surface area (Å²) in [6, 6.07) is 0. The lowest BCUT2D eigenvalue weighted by atomic mass is 9.72. The highest BCUT2D eigenvalue weighted by Crippen LogP contribution is 2.33. The van der Waals surface area contributed by atoms with Crippen molar-refractivity contribution in [2.24, 2.45) is 11.8 Å². The highest BCUT2D eigenvalue weighted by molar-refractivity contribution is 5.92. The van der Waals surface area contributed by atoms with Gasteiger partial charge in [0.25, 0.3) is 0 Å². The Morgan fingerprint density at radius 3 is 3.00 bits per heavy atom. The van der Waals surface area contributed by atoms with Crippen molar-refractivity contribution in [3.8, 4) is 0 Å². The number of aliphatic hydroxyl groups is 1. The molecule has 2 rings (SSSR count). The number of carbonyl (C=O) groups excluding carboxylic acids is 1. The van der Waals surface area contributed by atoms with Crippen molar-refractivity contribution in [1.29, 1.82) is 0 Å². The van der Waals surface area contributed by atoms with E-state index in [1.165, 1.54) is 0 Å². The topological polar surface area (TPSA) is 49.3 Å². The molecule has 9 heavy (non-hydrogen) atoms. The van der Waals surface area contributed by atoms with Crippen LogP contribution >= 0.6 is 0 Å². The van der Waals surface area contributed by atoms with Gasteiger partial charge in [0.15, 0.2) is 5.78 Å². The summed E-state index contributed by atoms with van der Waals surface area (Å²) in [6.07, 6.45) is -0.648. The first-order valence-corrected chi connectivity index (χ1v) is 3.23. The number of fused-ring (bicyclic) bond motifs is 1. The van der Waals surface area contributed by atoms with Crippen molar-refractivity contribution in [2.75, 3.05) is 13.1 Å². The Morgan fingerprint density at radius 2 is 2.33 bits per heavy atom. The fourth-order valence-corrected chi connectivity index (χ4v) is 1.65. The molecule has 1 aliphatic heterocycles. The van der Waals surface area contributed by atoms with Crippen LogP contribution in [0.4, 0.5) is 0 Å². The van der Waals surface area contributed by atoms with Crippen LogP contribution in [-0.2, 0) is 4.79 Å². The highest BCUT2D eigenvalue weighted by Gasteiger charge is 2.50. The molecular formula is C6H9NO2. The van der Waals surface area contributed by atoms with Crippen molar-refractivity contribution in [3.05, 3.63) is 0 Å². The summed E-state index contributed by atoms with van der Waals surface area (Å²) in [4.78, 5) is 10.8. The van der Waals surface area contributed by atoms with E-state index >= 15 is 0 Å². The van der Waals surface area contributed by atoms with Crippen molar-refractivity contribution in [3.63, 3.8) is 0 Å². The van der Waals surface area contributed by atoms with E-state index in [-0.39, 0.29) is 17.6 Å². The normalized spacial score (nSPS) is 48.6. The van der Waals surface area contributed by atoms with Gasteiger partial charge in [-0.05, 0) is 0 Å². The van der Waals surface area contributed by atoms with Gasteiger partial charge in [-0.3, -0.25) is 4.79 Å². The van der Waals surface area contributed by atoms with Gasteiger partial charge in [0.05, 0.1) is 0 Å². The second-order valence-corrected chi connectivity index (χ2v) is 2.78. The largest absolute Gasteiger partial charge is 0.385 e. The third kappa shape index (κ3) is 0.509. The monoisotopic (exact) mass is 127 g/mol. The first-order chi connectivity index (χ1) is 4.30. The third-order valence-electron chi connectivity index (χ3n) is 2.32. The molecule has 1 heterocycles. The molecule has 2 N–H and O–H groups in total. The molecule has 3 heteroatoms. The SMILES string of the molecule is O=C1[C@H](O)[C@H]2CNC[C@@H]12. The second-order valence-electron chi connectivity index (χ2n) is 2.78. The number of rotatable bonds is 0. The number of hydrogen-bond donors (Lipinski definition) is 2. The standard InChI is InChI=1S/C6H9NO2/c8-5-3-1-7-2-4(3)6(5)9/h3-5,7-8H,1-2H2/t3-,4+,5+/m0/s1. The Bertz CT molecular complexity index is 157. The van der Waals surface area contributed by atoms with Crippen molar-refractivity contribution >= 4 is 5.78 Å². The number of carbonyl (C=O) groups is 1. The lowest BCUT2D eigenvalue weighted by Crippen LogP contribution is -2.51. The zero-order valence-corrected chi connectivity index (χ0v) is 5.00. The molecular weight excluding hydrogens is 118 g/mol. The predicted octanol–water partition coefficient (Wildman–Crippen LogP) is -1.23. The number of hydrogen-bond acceptors (Lipinski definition) is 3. The van der Waals surface area contributed by atoms with Gasteiger partial charge >= 0.3 is 0 Å². The summed E-state index contributed by atoms with van der Waals surface area (Å²) in [5.41, 5.74) is 0. The zero-order valence-electron chi connectivity index (χ0n) is 5.00. The third-order valence-corrected chi connectivity index (χ3v) is 2.32. The summed E-state index contributed by atoms with van der Waals surface area (Å²) in [5.74, 6) is 0.405. The van der Waals surface area contributed by atoms with Gasteiger partial charge in [0.2, 0.25) is 0 Å². The Kier molecular flexibility index (Phi) is 0.926. The molecule has 0 aromatic carbocycles. The van der Waals surface area contributed by atoms with Crippen LogP contribution in [0.2, 0.25) is 0 Å². The van der Waals surface area contributed by atoms with E-state index in [0.29, 0.717) is 0 Å². The maximum Gasteiger partial charge on any atom is 0.166 e. The zero-order chi connectivity index (χ0) is 6.43. The molecule has 2 fully saturated rings. The Hall–Kier alpha value is -0.410. The van der Waals surface area contributed by atoms with E-state index in [1.807, 2.05) is 0 Å². The minimum Gasteiger partial charge on any atom is -0.385 e. The predicted molar refractivity (Wildman–Crippen MR) is 30.9 cm³/mol. The highest BCUT2D eigenvalue weighted by atomic mass is 16.3. The average molecular weight is 127 g/mol. The first kappa shape index (κ1) is 5.38. The lowest BCUT2D eigenvalue weighted by Gasteiger charge is -2.33. The Labute approximate surface area is 53.1 Å². The van der Waals surface area contributed by atoms with Crippen LogP contribution in [0.15, 0.2) is 0 Å². The summed E-state index contributed by atoms with van der Waals surface area (Å²) < 4.78 is 0. The van der Waals surface area contributed by atoms with E-state index in [2.05, 4.69) is 5.32 Å². The van der Waals surface area contributed by atoms with Crippen LogP contribution in [0.1, 0.15) is 0 Å². The summed E-state index contributed by atoms with van der Waals surface area (Å²) in [6.45, 7) is 1.60. The second kappa shape index (κ2) is 1.55. The fraction of sp³-hybridized carbons (Fsp3) is 0.833. The van der Waals surface area contributed by atoms with Crippen LogP contribution in [0.3, 0.4) is 0 Å². The van der Waals surface area contributed by atoms with Gasteiger partial charge in [0, 0.05) is 24.9 Å². The maximum absolute atomic E-state index is 10.8. The van der Waals surface area contributed by atoms with Crippen LogP contribution in [-0.4, -0.2) is 30.1 Å². The maximum atomic E-state index is 10.8. The van der Waals surface area contributed by atoms with Crippen molar-refractivity contribution < 1.29 is 9.90 Å². The number of ketones is 1. The van der Waals surface area contributed by atoms with E-state index < -0.39 is 6.10 Å². The number of aliphatic hydroxyl groups excluding tert-OH is 1. The molecule has 2 aliphatic rings. The minimum atomic E-state index is -0.648. The molecule has 0 radical (unpaired) electrons. The van der Waals surface area contributed by atoms with Crippen molar-refractivity contribution in [2.45, 2.75) is 6.10 Å². The lowest BCUT2D eigenvalue weighted by molar-refractivity contribution is -0.148. The number of Topliss-reactive ketones (excluding diaryl/α,β-unsaturated/α-hetero) is 1. The van der Waals surface area contributed by atoms with Gasteiger partial charge in [0.1, 0.15) is 6.10 Å². The fourth-order valence-electron chi connectivity index (χ4n) is 1.65.